The van der Waals surface area contributed by atoms with Crippen molar-refractivity contribution in [2.75, 3.05) is 47.6 Å². The molecule has 3 aliphatic heterocycles. The zero-order valence-electron chi connectivity index (χ0n) is 38.3. The molecule has 352 valence electrons. The largest absolute Gasteiger partial charge is 0.453 e. The monoisotopic (exact) mass is 918 g/mol. The maximum Gasteiger partial charge on any atom is 0.409 e. The highest BCUT2D eigenvalue weighted by atomic mass is 19.3. The van der Waals surface area contributed by atoms with E-state index in [1.807, 2.05) is 49.1 Å². The lowest BCUT2D eigenvalue weighted by Crippen LogP contribution is -2.53. The van der Waals surface area contributed by atoms with Gasteiger partial charge >= 0.3 is 12.2 Å². The SMILES string of the molecule is COC(=O)N[C@H](C(=O)N1CCC[C@H]1c1ncc(-c2ccc3c(c2)C(F)(F)c2cc(-c4ccc(-c5cnc([C@@H]6CCCN6C(=O)C(C6CCOCC6)N(C)C(=O)OC)[nH]5)cc4)ccc2-3)[nH]1)C(C)C. The Morgan fingerprint density at radius 3 is 1.84 bits per heavy atom. The summed E-state index contributed by atoms with van der Waals surface area (Å²) in [5.74, 6) is -2.66. The Morgan fingerprint density at radius 1 is 0.746 bits per heavy atom. The predicted octanol–water partition coefficient (Wildman–Crippen LogP) is 8.46. The molecule has 5 heterocycles. The second-order valence-corrected chi connectivity index (χ2v) is 18.2. The summed E-state index contributed by atoms with van der Waals surface area (Å²) in [6.07, 6.45) is 6.38. The number of likely N-dealkylation sites (N-methyl/N-ethyl adjacent to an activating group) is 1. The standard InChI is InChI=1S/C50H56F2N8O7/c1-28(2)42(57-48(63)65-4)46(61)59-20-6-8-40(59)44-54-27-39(56-44)33-15-17-35-34-16-14-32(24-36(34)50(51,52)37(35)25-33)29-10-12-30(13-11-29)38-26-53-45(55-38)41-9-7-21-60(41)47(62)43(58(3)49(64)66-5)31-18-22-67-23-19-31/h10-17,24-28,31,40-43H,6-9,18-23H2,1-5H3,(H,53,55)(H,54,56)(H,57,63)/t40-,41-,42-,43?/m0/s1. The summed E-state index contributed by atoms with van der Waals surface area (Å²) in [4.78, 5) is 73.6. The molecule has 3 fully saturated rings. The molecule has 0 saturated carbocycles. The Kier molecular flexibility index (Phi) is 12.6. The van der Waals surface area contributed by atoms with Crippen molar-refractivity contribution in [3.05, 3.63) is 95.8 Å². The normalized spacial score (nSPS) is 19.8. The van der Waals surface area contributed by atoms with Gasteiger partial charge in [-0.15, -0.1) is 0 Å². The van der Waals surface area contributed by atoms with Gasteiger partial charge in [0, 0.05) is 50.0 Å². The van der Waals surface area contributed by atoms with Gasteiger partial charge in [0.05, 0.1) is 50.1 Å². The van der Waals surface area contributed by atoms with Crippen LogP contribution >= 0.6 is 0 Å². The van der Waals surface area contributed by atoms with Gasteiger partial charge in [-0.05, 0) is 90.3 Å². The fourth-order valence-corrected chi connectivity index (χ4v) is 10.4. The number of alkyl halides is 2. The van der Waals surface area contributed by atoms with Crippen LogP contribution in [-0.2, 0) is 29.7 Å². The minimum absolute atomic E-state index is 0.0565. The number of amides is 4. The molecule has 0 spiro atoms. The van der Waals surface area contributed by atoms with Crippen molar-refractivity contribution in [1.82, 2.24) is 40.0 Å². The number of ether oxygens (including phenoxy) is 3. The van der Waals surface area contributed by atoms with Crippen LogP contribution in [0.25, 0.3) is 44.8 Å². The second kappa shape index (κ2) is 18.6. The Labute approximate surface area is 387 Å². The van der Waals surface area contributed by atoms with Crippen LogP contribution < -0.4 is 5.32 Å². The van der Waals surface area contributed by atoms with Gasteiger partial charge in [0.25, 0.3) is 5.92 Å². The van der Waals surface area contributed by atoms with Gasteiger partial charge < -0.3 is 39.3 Å². The number of aromatic nitrogens is 4. The van der Waals surface area contributed by atoms with E-state index in [-0.39, 0.29) is 46.9 Å². The Morgan fingerprint density at radius 2 is 1.27 bits per heavy atom. The summed E-state index contributed by atoms with van der Waals surface area (Å²) in [5.41, 5.74) is 4.88. The maximum atomic E-state index is 16.5. The van der Waals surface area contributed by atoms with Crippen molar-refractivity contribution in [1.29, 1.82) is 0 Å². The summed E-state index contributed by atoms with van der Waals surface area (Å²) in [6.45, 7) is 5.81. The maximum absolute atomic E-state index is 16.5. The first-order valence-electron chi connectivity index (χ1n) is 23.0. The number of carbonyl (C=O) groups excluding carboxylic acids is 4. The highest BCUT2D eigenvalue weighted by Crippen LogP contribution is 2.53. The van der Waals surface area contributed by atoms with E-state index >= 15 is 8.78 Å². The number of imidazole rings is 2. The first-order valence-corrected chi connectivity index (χ1v) is 23.0. The van der Waals surface area contributed by atoms with Crippen molar-refractivity contribution >= 4 is 24.0 Å². The van der Waals surface area contributed by atoms with Gasteiger partial charge in [0.15, 0.2) is 0 Å². The van der Waals surface area contributed by atoms with E-state index < -0.39 is 30.2 Å². The van der Waals surface area contributed by atoms with Crippen molar-refractivity contribution < 1.29 is 42.2 Å². The first kappa shape index (κ1) is 45.5. The number of carbonyl (C=O) groups is 4. The van der Waals surface area contributed by atoms with Crippen LogP contribution in [0.3, 0.4) is 0 Å². The lowest BCUT2D eigenvalue weighted by Gasteiger charge is -2.38. The van der Waals surface area contributed by atoms with Crippen molar-refractivity contribution in [2.24, 2.45) is 11.8 Å². The Bertz CT molecular complexity index is 2660. The zero-order chi connectivity index (χ0) is 47.1. The first-order chi connectivity index (χ1) is 32.3. The lowest BCUT2D eigenvalue weighted by molar-refractivity contribution is -0.140. The number of nitrogens with zero attached hydrogens (tertiary/aromatic N) is 5. The number of hydrogen-bond donors (Lipinski definition) is 3. The molecule has 1 unspecified atom stereocenters. The molecule has 67 heavy (non-hydrogen) atoms. The van der Waals surface area contributed by atoms with E-state index in [1.54, 1.807) is 48.6 Å². The van der Waals surface area contributed by atoms with Crippen LogP contribution in [0.2, 0.25) is 0 Å². The fraction of sp³-hybridized carbons (Fsp3) is 0.440. The van der Waals surface area contributed by atoms with Gasteiger partial charge in [0.1, 0.15) is 23.7 Å². The number of aromatic amines is 2. The predicted molar refractivity (Wildman–Crippen MR) is 245 cm³/mol. The van der Waals surface area contributed by atoms with E-state index in [0.717, 1.165) is 36.1 Å². The number of benzene rings is 3. The van der Waals surface area contributed by atoms with E-state index in [9.17, 15) is 19.2 Å². The molecule has 4 amide bonds. The van der Waals surface area contributed by atoms with Gasteiger partial charge in [-0.3, -0.25) is 14.5 Å². The van der Waals surface area contributed by atoms with Crippen LogP contribution in [-0.4, -0.2) is 118 Å². The van der Waals surface area contributed by atoms with Gasteiger partial charge in [-0.1, -0.05) is 62.4 Å². The molecule has 4 aliphatic rings. The molecule has 3 aromatic carbocycles. The fourth-order valence-electron chi connectivity index (χ4n) is 10.4. The Balaban J connectivity index is 0.894. The van der Waals surface area contributed by atoms with E-state index in [4.69, 9.17) is 19.2 Å². The van der Waals surface area contributed by atoms with E-state index in [2.05, 4.69) is 20.3 Å². The molecular formula is C50H56F2N8O7. The highest BCUT2D eigenvalue weighted by molar-refractivity contribution is 5.88. The van der Waals surface area contributed by atoms with Crippen LogP contribution in [0.1, 0.15) is 87.2 Å². The third kappa shape index (κ3) is 8.53. The number of alkyl carbamates (subject to hydrolysis) is 1. The Hall–Kier alpha value is -6.62. The number of nitrogens with one attached hydrogen (secondary N) is 3. The summed E-state index contributed by atoms with van der Waals surface area (Å²) in [6, 6.07) is 15.7. The number of likely N-dealkylation sites (tertiary alicyclic amines) is 2. The number of methoxy groups -OCH3 is 2. The molecule has 0 bridgehead atoms. The summed E-state index contributed by atoms with van der Waals surface area (Å²) in [5, 5.41) is 2.65. The summed E-state index contributed by atoms with van der Waals surface area (Å²) >= 11 is 0. The number of hydrogen-bond acceptors (Lipinski definition) is 9. The average Bonchev–Trinajstić information content (AvgIpc) is 4.21. The van der Waals surface area contributed by atoms with Gasteiger partial charge in [-0.2, -0.15) is 8.78 Å². The number of halogens is 2. The molecule has 9 rings (SSSR count). The quantitative estimate of drug-likeness (QED) is 0.117. The minimum atomic E-state index is -3.27. The third-order valence-corrected chi connectivity index (χ3v) is 14.0. The molecular weight excluding hydrogens is 863 g/mol. The molecule has 5 aromatic rings. The molecule has 17 heteroatoms. The molecule has 3 saturated heterocycles. The number of fused-ring (bicyclic) bond motifs is 3. The van der Waals surface area contributed by atoms with Crippen molar-refractivity contribution in [3.8, 4) is 44.8 Å². The molecule has 4 atom stereocenters. The number of H-pyrrole nitrogens is 2. The van der Waals surface area contributed by atoms with Gasteiger partial charge in [0.2, 0.25) is 11.8 Å². The van der Waals surface area contributed by atoms with Crippen LogP contribution in [0, 0.1) is 11.8 Å². The summed E-state index contributed by atoms with van der Waals surface area (Å²) < 4.78 is 48.4. The van der Waals surface area contributed by atoms with E-state index in [1.165, 1.54) is 25.2 Å². The second-order valence-electron chi connectivity index (χ2n) is 18.2. The van der Waals surface area contributed by atoms with Crippen molar-refractivity contribution in [2.45, 2.75) is 82.5 Å². The highest BCUT2D eigenvalue weighted by Gasteiger charge is 2.46. The summed E-state index contributed by atoms with van der Waals surface area (Å²) in [7, 11) is 4.18. The third-order valence-electron chi connectivity index (χ3n) is 14.0. The average molecular weight is 919 g/mol. The van der Waals surface area contributed by atoms with Crippen LogP contribution in [0.15, 0.2) is 73.1 Å². The van der Waals surface area contributed by atoms with E-state index in [0.29, 0.717) is 85.2 Å². The molecule has 0 radical (unpaired) electrons. The van der Waals surface area contributed by atoms with Crippen LogP contribution in [0.4, 0.5) is 18.4 Å². The van der Waals surface area contributed by atoms with Crippen molar-refractivity contribution in [3.63, 3.8) is 0 Å². The molecule has 3 N–H and O–H groups in total. The molecule has 15 nitrogen and oxygen atoms in total. The van der Waals surface area contributed by atoms with Crippen LogP contribution in [0.5, 0.6) is 0 Å². The smallest absolute Gasteiger partial charge is 0.409 e. The zero-order valence-corrected chi connectivity index (χ0v) is 38.3. The topological polar surface area (TPSA) is 175 Å². The number of rotatable bonds is 11. The van der Waals surface area contributed by atoms with Gasteiger partial charge in [-0.25, -0.2) is 19.6 Å². The minimum Gasteiger partial charge on any atom is -0.453 e. The molecule has 1 aliphatic carbocycles. The molecule has 2 aromatic heterocycles. The lowest BCUT2D eigenvalue weighted by atomic mass is 9.89.